The molecule has 0 spiro atoms. The maximum absolute atomic E-state index is 14.1. The topological polar surface area (TPSA) is 84.6 Å². The fourth-order valence-electron chi connectivity index (χ4n) is 2.77. The van der Waals surface area contributed by atoms with Crippen molar-refractivity contribution < 1.29 is 14.2 Å². The Bertz CT molecular complexity index is 854. The van der Waals surface area contributed by atoms with E-state index in [1.54, 1.807) is 18.3 Å². The molecule has 0 aliphatic carbocycles. The lowest BCUT2D eigenvalue weighted by Crippen LogP contribution is -2.42. The number of aromatic nitrogens is 4. The first-order chi connectivity index (χ1) is 11.7. The van der Waals surface area contributed by atoms with E-state index in [-0.39, 0.29) is 18.2 Å². The van der Waals surface area contributed by atoms with E-state index in [4.69, 9.17) is 4.74 Å². The molecule has 1 aliphatic heterocycles. The van der Waals surface area contributed by atoms with Crippen molar-refractivity contribution >= 4 is 11.5 Å². The normalized spacial score (nSPS) is 21.1. The minimum absolute atomic E-state index is 0.199. The van der Waals surface area contributed by atoms with Crippen LogP contribution in [0, 0.1) is 5.82 Å². The number of nitrogens with one attached hydrogen (secondary N) is 1. The number of nitrogens with zero attached hydrogens (tertiary/aromatic N) is 4. The second-order valence-corrected chi connectivity index (χ2v) is 5.65. The Kier molecular flexibility index (Phi) is 3.83. The first kappa shape index (κ1) is 15.0. The van der Waals surface area contributed by atoms with Crippen LogP contribution in [0.2, 0.25) is 0 Å². The number of aliphatic hydroxyl groups is 1. The third-order valence-corrected chi connectivity index (χ3v) is 4.04. The van der Waals surface area contributed by atoms with Crippen LogP contribution in [0.15, 0.2) is 36.7 Å². The van der Waals surface area contributed by atoms with Gasteiger partial charge in [0.2, 0.25) is 5.95 Å². The summed E-state index contributed by atoms with van der Waals surface area (Å²) in [5.41, 5.74) is 1.43. The zero-order valence-corrected chi connectivity index (χ0v) is 12.8. The van der Waals surface area contributed by atoms with Gasteiger partial charge in [-0.2, -0.15) is 0 Å². The summed E-state index contributed by atoms with van der Waals surface area (Å²) in [5, 5.41) is 17.4. The zero-order valence-electron chi connectivity index (χ0n) is 12.8. The predicted octanol–water partition coefficient (Wildman–Crippen LogP) is 1.49. The van der Waals surface area contributed by atoms with E-state index >= 15 is 0 Å². The second kappa shape index (κ2) is 6.14. The van der Waals surface area contributed by atoms with E-state index in [0.717, 1.165) is 0 Å². The fraction of sp³-hybridized carbons (Fsp3) is 0.312. The van der Waals surface area contributed by atoms with Gasteiger partial charge >= 0.3 is 0 Å². The summed E-state index contributed by atoms with van der Waals surface area (Å²) in [4.78, 5) is 8.39. The SMILES string of the molecule is O[C@@H]1COCC[C@H]1Nc1ncc2c(F)cc(-c3ccccn3)n2n1. The van der Waals surface area contributed by atoms with Crippen molar-refractivity contribution in [1.29, 1.82) is 0 Å². The molecule has 24 heavy (non-hydrogen) atoms. The average Bonchev–Trinajstić information content (AvgIpc) is 2.94. The molecule has 1 fully saturated rings. The van der Waals surface area contributed by atoms with E-state index in [0.29, 0.717) is 30.4 Å². The average molecular weight is 329 g/mol. The molecule has 8 heteroatoms. The van der Waals surface area contributed by atoms with E-state index in [1.165, 1.54) is 16.8 Å². The van der Waals surface area contributed by atoms with Crippen LogP contribution in [0.4, 0.5) is 10.3 Å². The number of hydrogen-bond acceptors (Lipinski definition) is 6. The molecule has 0 saturated carbocycles. The quantitative estimate of drug-likeness (QED) is 0.757. The summed E-state index contributed by atoms with van der Waals surface area (Å²) >= 11 is 0. The minimum atomic E-state index is -0.630. The molecule has 0 amide bonds. The smallest absolute Gasteiger partial charge is 0.241 e. The van der Waals surface area contributed by atoms with Gasteiger partial charge in [0.25, 0.3) is 0 Å². The highest BCUT2D eigenvalue weighted by Gasteiger charge is 2.24. The number of fused-ring (bicyclic) bond motifs is 1. The molecule has 2 atom stereocenters. The molecule has 0 unspecified atom stereocenters. The summed E-state index contributed by atoms with van der Waals surface area (Å²) in [6.07, 6.45) is 3.08. The number of ether oxygens (including phenoxy) is 1. The molecule has 0 radical (unpaired) electrons. The van der Waals surface area contributed by atoms with Crippen LogP contribution >= 0.6 is 0 Å². The lowest BCUT2D eigenvalue weighted by Gasteiger charge is -2.28. The van der Waals surface area contributed by atoms with Crippen LogP contribution in [0.25, 0.3) is 16.9 Å². The van der Waals surface area contributed by atoms with Gasteiger partial charge in [0, 0.05) is 18.9 Å². The van der Waals surface area contributed by atoms with Crippen molar-refractivity contribution in [2.45, 2.75) is 18.6 Å². The van der Waals surface area contributed by atoms with E-state index in [9.17, 15) is 9.50 Å². The minimum Gasteiger partial charge on any atom is -0.389 e. The van der Waals surface area contributed by atoms with E-state index < -0.39 is 11.9 Å². The molecule has 3 aromatic rings. The van der Waals surface area contributed by atoms with Gasteiger partial charge in [-0.1, -0.05) is 6.07 Å². The lowest BCUT2D eigenvalue weighted by molar-refractivity contribution is -0.0136. The number of halogens is 1. The number of aliphatic hydroxyl groups excluding tert-OH is 1. The number of hydrogen-bond donors (Lipinski definition) is 2. The molecule has 1 aliphatic rings. The molecule has 1 saturated heterocycles. The largest absolute Gasteiger partial charge is 0.389 e. The molecule has 0 aromatic carbocycles. The number of anilines is 1. The zero-order chi connectivity index (χ0) is 16.5. The van der Waals surface area contributed by atoms with Crippen LogP contribution in [0.1, 0.15) is 6.42 Å². The van der Waals surface area contributed by atoms with Gasteiger partial charge in [0.05, 0.1) is 36.3 Å². The van der Waals surface area contributed by atoms with Gasteiger partial charge in [-0.15, -0.1) is 5.10 Å². The Morgan fingerprint density at radius 1 is 1.33 bits per heavy atom. The molecule has 0 bridgehead atoms. The van der Waals surface area contributed by atoms with Crippen molar-refractivity contribution in [2.24, 2.45) is 0 Å². The highest BCUT2D eigenvalue weighted by Crippen LogP contribution is 2.23. The van der Waals surface area contributed by atoms with Crippen LogP contribution in [0.3, 0.4) is 0 Å². The van der Waals surface area contributed by atoms with Crippen molar-refractivity contribution in [3.63, 3.8) is 0 Å². The Hall–Kier alpha value is -2.58. The van der Waals surface area contributed by atoms with Crippen LogP contribution < -0.4 is 5.32 Å². The molecule has 7 nitrogen and oxygen atoms in total. The Morgan fingerprint density at radius 2 is 2.25 bits per heavy atom. The summed E-state index contributed by atoms with van der Waals surface area (Å²) in [6.45, 7) is 0.839. The van der Waals surface area contributed by atoms with Gasteiger partial charge in [0.15, 0.2) is 5.82 Å². The van der Waals surface area contributed by atoms with Crippen molar-refractivity contribution in [1.82, 2.24) is 19.6 Å². The Balaban J connectivity index is 1.71. The summed E-state index contributed by atoms with van der Waals surface area (Å²) < 4.78 is 20.8. The molecule has 3 aromatic heterocycles. The first-order valence-electron chi connectivity index (χ1n) is 7.70. The highest BCUT2D eigenvalue weighted by molar-refractivity contribution is 5.64. The summed E-state index contributed by atoms with van der Waals surface area (Å²) in [5.74, 6) is -0.0884. The monoisotopic (exact) mass is 329 g/mol. The summed E-state index contributed by atoms with van der Waals surface area (Å²) in [7, 11) is 0. The van der Waals surface area contributed by atoms with Gasteiger partial charge in [0.1, 0.15) is 5.52 Å². The second-order valence-electron chi connectivity index (χ2n) is 5.65. The third-order valence-electron chi connectivity index (χ3n) is 4.04. The maximum Gasteiger partial charge on any atom is 0.241 e. The first-order valence-corrected chi connectivity index (χ1v) is 7.70. The number of rotatable bonds is 3. The fourth-order valence-corrected chi connectivity index (χ4v) is 2.77. The maximum atomic E-state index is 14.1. The van der Waals surface area contributed by atoms with Gasteiger partial charge in [-0.3, -0.25) is 4.98 Å². The molecule has 4 rings (SSSR count). The van der Waals surface area contributed by atoms with Gasteiger partial charge in [-0.25, -0.2) is 13.9 Å². The molecule has 4 heterocycles. The standard InChI is InChI=1S/C16H16FN5O2/c17-10-7-13(11-3-1-2-5-18-11)22-14(10)8-19-16(21-22)20-12-4-6-24-9-15(12)23/h1-3,5,7-8,12,15,23H,4,6,9H2,(H,20,21)/t12-,15-/m1/s1. The summed E-state index contributed by atoms with van der Waals surface area (Å²) in [6, 6.07) is 6.61. The third kappa shape index (κ3) is 2.70. The highest BCUT2D eigenvalue weighted by atomic mass is 19.1. The van der Waals surface area contributed by atoms with Gasteiger partial charge in [-0.05, 0) is 18.6 Å². The van der Waals surface area contributed by atoms with Gasteiger partial charge < -0.3 is 15.2 Å². The molecular weight excluding hydrogens is 313 g/mol. The van der Waals surface area contributed by atoms with E-state index in [1.807, 2.05) is 6.07 Å². The van der Waals surface area contributed by atoms with Crippen LogP contribution in [-0.4, -0.2) is 50.0 Å². The van der Waals surface area contributed by atoms with Crippen LogP contribution in [-0.2, 0) is 4.74 Å². The van der Waals surface area contributed by atoms with Crippen molar-refractivity contribution in [3.8, 4) is 11.4 Å². The van der Waals surface area contributed by atoms with Crippen LogP contribution in [0.5, 0.6) is 0 Å². The predicted molar refractivity (Wildman–Crippen MR) is 85.0 cm³/mol. The Morgan fingerprint density at radius 3 is 3.04 bits per heavy atom. The molecule has 2 N–H and O–H groups in total. The molecular formula is C16H16FN5O2. The lowest BCUT2D eigenvalue weighted by atomic mass is 10.1. The number of pyridine rings is 1. The van der Waals surface area contributed by atoms with E-state index in [2.05, 4.69) is 20.4 Å². The van der Waals surface area contributed by atoms with Crippen molar-refractivity contribution in [3.05, 3.63) is 42.5 Å². The Labute approximate surface area is 137 Å². The van der Waals surface area contributed by atoms with Crippen molar-refractivity contribution in [2.75, 3.05) is 18.5 Å². The molecule has 124 valence electrons.